The van der Waals surface area contributed by atoms with Gasteiger partial charge in [0.05, 0.1) is 24.1 Å². The predicted molar refractivity (Wildman–Crippen MR) is 53.6 cm³/mol. The molecular weight excluding hydrogens is 178 g/mol. The fraction of sp³-hybridized carbons (Fsp3) is 0.333. The molecule has 0 fully saturated rings. The number of aromatic nitrogens is 4. The van der Waals surface area contributed by atoms with Crippen molar-refractivity contribution in [1.29, 1.82) is 0 Å². The maximum atomic E-state index is 4.24. The molecule has 0 amide bonds. The van der Waals surface area contributed by atoms with Crippen LogP contribution in [0.15, 0.2) is 18.5 Å². The summed E-state index contributed by atoms with van der Waals surface area (Å²) in [4.78, 5) is 7.47. The molecule has 0 aliphatic rings. The molecule has 0 unspecified atom stereocenters. The number of nitrogens with zero attached hydrogens (tertiary/aromatic N) is 3. The van der Waals surface area contributed by atoms with Crippen LogP contribution in [0.5, 0.6) is 0 Å². The molecule has 2 N–H and O–H groups in total. The van der Waals surface area contributed by atoms with Gasteiger partial charge < -0.3 is 10.3 Å². The zero-order valence-electron chi connectivity index (χ0n) is 8.28. The van der Waals surface area contributed by atoms with Crippen molar-refractivity contribution in [3.05, 3.63) is 24.3 Å². The third-order valence-corrected chi connectivity index (χ3v) is 2.07. The summed E-state index contributed by atoms with van der Waals surface area (Å²) in [5.74, 6) is 0.934. The van der Waals surface area contributed by atoms with Crippen LogP contribution < -0.4 is 5.32 Å². The average Bonchev–Trinajstić information content (AvgIpc) is 2.74. The fourth-order valence-corrected chi connectivity index (χ4v) is 1.39. The van der Waals surface area contributed by atoms with Crippen LogP contribution in [0.25, 0.3) is 11.4 Å². The van der Waals surface area contributed by atoms with Crippen LogP contribution in [0.3, 0.4) is 0 Å². The van der Waals surface area contributed by atoms with Crippen LogP contribution >= 0.6 is 0 Å². The van der Waals surface area contributed by atoms with E-state index in [0.717, 1.165) is 23.8 Å². The summed E-state index contributed by atoms with van der Waals surface area (Å²) in [7, 11) is 3.81. The van der Waals surface area contributed by atoms with Crippen LogP contribution in [-0.2, 0) is 13.6 Å². The van der Waals surface area contributed by atoms with Gasteiger partial charge in [-0.1, -0.05) is 0 Å². The van der Waals surface area contributed by atoms with Crippen molar-refractivity contribution in [2.45, 2.75) is 6.54 Å². The SMILES string of the molecule is CNCc1ncc(-c2ccnn2C)[nH]1. The highest BCUT2D eigenvalue weighted by molar-refractivity contribution is 5.52. The van der Waals surface area contributed by atoms with Crippen LogP contribution in [0, 0.1) is 0 Å². The Hall–Kier alpha value is -1.62. The molecule has 0 bridgehead atoms. The number of hydrogen-bond acceptors (Lipinski definition) is 3. The van der Waals surface area contributed by atoms with Crippen molar-refractivity contribution in [2.75, 3.05) is 7.05 Å². The standard InChI is InChI=1S/C9H13N5/c1-10-6-9-11-5-7(13-9)8-3-4-12-14(8)2/h3-5,10H,6H2,1-2H3,(H,11,13). The van der Waals surface area contributed by atoms with Crippen molar-refractivity contribution in [3.63, 3.8) is 0 Å². The minimum absolute atomic E-state index is 0.748. The van der Waals surface area contributed by atoms with Crippen molar-refractivity contribution >= 4 is 0 Å². The number of hydrogen-bond donors (Lipinski definition) is 2. The van der Waals surface area contributed by atoms with Gasteiger partial charge in [0.2, 0.25) is 0 Å². The van der Waals surface area contributed by atoms with Crippen molar-refractivity contribution in [2.24, 2.45) is 7.05 Å². The van der Waals surface area contributed by atoms with Gasteiger partial charge >= 0.3 is 0 Å². The second-order valence-electron chi connectivity index (χ2n) is 3.11. The Kier molecular flexibility index (Phi) is 2.32. The number of aromatic amines is 1. The lowest BCUT2D eigenvalue weighted by Gasteiger charge is -1.97. The van der Waals surface area contributed by atoms with Crippen LogP contribution in [-0.4, -0.2) is 26.8 Å². The quantitative estimate of drug-likeness (QED) is 0.744. The Morgan fingerprint density at radius 3 is 3.07 bits per heavy atom. The van der Waals surface area contributed by atoms with E-state index in [1.807, 2.05) is 31.0 Å². The first-order chi connectivity index (χ1) is 6.81. The minimum atomic E-state index is 0.748. The van der Waals surface area contributed by atoms with Crippen molar-refractivity contribution in [3.8, 4) is 11.4 Å². The topological polar surface area (TPSA) is 58.5 Å². The smallest absolute Gasteiger partial charge is 0.120 e. The van der Waals surface area contributed by atoms with Crippen LogP contribution in [0.1, 0.15) is 5.82 Å². The Labute approximate surface area is 82.2 Å². The highest BCUT2D eigenvalue weighted by Gasteiger charge is 2.05. The summed E-state index contributed by atoms with van der Waals surface area (Å²) >= 11 is 0. The van der Waals surface area contributed by atoms with E-state index in [1.165, 1.54) is 0 Å². The molecule has 2 aromatic rings. The number of H-pyrrole nitrogens is 1. The monoisotopic (exact) mass is 191 g/mol. The largest absolute Gasteiger partial charge is 0.340 e. The zero-order chi connectivity index (χ0) is 9.97. The Bertz CT molecular complexity index is 414. The second kappa shape index (κ2) is 3.63. The normalized spacial score (nSPS) is 10.7. The first-order valence-corrected chi connectivity index (χ1v) is 4.48. The van der Waals surface area contributed by atoms with E-state index in [1.54, 1.807) is 6.20 Å². The average molecular weight is 191 g/mol. The summed E-state index contributed by atoms with van der Waals surface area (Å²) < 4.78 is 1.82. The maximum absolute atomic E-state index is 4.24. The van der Waals surface area contributed by atoms with E-state index >= 15 is 0 Å². The molecular formula is C9H13N5. The molecule has 0 spiro atoms. The predicted octanol–water partition coefficient (Wildman–Crippen LogP) is 0.530. The second-order valence-corrected chi connectivity index (χ2v) is 3.11. The van der Waals surface area contributed by atoms with E-state index in [0.29, 0.717) is 0 Å². The molecule has 0 aliphatic heterocycles. The number of nitrogens with one attached hydrogen (secondary N) is 2. The zero-order valence-corrected chi connectivity index (χ0v) is 8.28. The summed E-state index contributed by atoms with van der Waals surface area (Å²) in [5.41, 5.74) is 2.04. The first kappa shape index (κ1) is 8.96. The molecule has 74 valence electrons. The lowest BCUT2D eigenvalue weighted by molar-refractivity contribution is 0.764. The van der Waals surface area contributed by atoms with Crippen LogP contribution in [0.4, 0.5) is 0 Å². The number of aryl methyl sites for hydroxylation is 1. The highest BCUT2D eigenvalue weighted by Crippen LogP contribution is 2.14. The fourth-order valence-electron chi connectivity index (χ4n) is 1.39. The molecule has 5 heteroatoms. The van der Waals surface area contributed by atoms with Gasteiger partial charge in [0, 0.05) is 13.2 Å². The van der Waals surface area contributed by atoms with Gasteiger partial charge in [0.1, 0.15) is 5.82 Å². The summed E-state index contributed by atoms with van der Waals surface area (Å²) in [6.45, 7) is 0.748. The molecule has 0 radical (unpaired) electrons. The van der Waals surface area contributed by atoms with E-state index in [-0.39, 0.29) is 0 Å². The highest BCUT2D eigenvalue weighted by atomic mass is 15.3. The van der Waals surface area contributed by atoms with Gasteiger partial charge in [-0.15, -0.1) is 0 Å². The molecule has 0 atom stereocenters. The summed E-state index contributed by atoms with van der Waals surface area (Å²) in [6.07, 6.45) is 3.59. The molecule has 2 heterocycles. The van der Waals surface area contributed by atoms with E-state index < -0.39 is 0 Å². The van der Waals surface area contributed by atoms with E-state index in [4.69, 9.17) is 0 Å². The van der Waals surface area contributed by atoms with Gasteiger partial charge in [-0.05, 0) is 13.1 Å². The Morgan fingerprint density at radius 2 is 2.43 bits per heavy atom. The molecule has 0 saturated heterocycles. The van der Waals surface area contributed by atoms with Gasteiger partial charge in [0.15, 0.2) is 0 Å². The molecule has 2 aromatic heterocycles. The third-order valence-electron chi connectivity index (χ3n) is 2.07. The Morgan fingerprint density at radius 1 is 1.57 bits per heavy atom. The lowest BCUT2D eigenvalue weighted by atomic mass is 10.3. The molecule has 0 saturated carbocycles. The van der Waals surface area contributed by atoms with E-state index in [9.17, 15) is 0 Å². The van der Waals surface area contributed by atoms with Gasteiger partial charge in [-0.3, -0.25) is 4.68 Å². The lowest BCUT2D eigenvalue weighted by Crippen LogP contribution is -2.06. The number of rotatable bonds is 3. The van der Waals surface area contributed by atoms with Gasteiger partial charge in [-0.2, -0.15) is 5.10 Å². The molecule has 14 heavy (non-hydrogen) atoms. The van der Waals surface area contributed by atoms with Crippen molar-refractivity contribution < 1.29 is 0 Å². The first-order valence-electron chi connectivity index (χ1n) is 4.48. The maximum Gasteiger partial charge on any atom is 0.120 e. The molecule has 0 aromatic carbocycles. The van der Waals surface area contributed by atoms with Crippen LogP contribution in [0.2, 0.25) is 0 Å². The molecule has 0 aliphatic carbocycles. The third kappa shape index (κ3) is 1.54. The van der Waals surface area contributed by atoms with Crippen molar-refractivity contribution in [1.82, 2.24) is 25.1 Å². The molecule has 2 rings (SSSR count). The van der Waals surface area contributed by atoms with Gasteiger partial charge in [-0.25, -0.2) is 4.98 Å². The van der Waals surface area contributed by atoms with Gasteiger partial charge in [0.25, 0.3) is 0 Å². The summed E-state index contributed by atoms with van der Waals surface area (Å²) in [6, 6.07) is 1.96. The number of imidazole rings is 1. The van der Waals surface area contributed by atoms with E-state index in [2.05, 4.69) is 20.4 Å². The Balaban J connectivity index is 2.29. The minimum Gasteiger partial charge on any atom is -0.340 e. The summed E-state index contributed by atoms with van der Waals surface area (Å²) in [5, 5.41) is 7.14. The molecule has 5 nitrogen and oxygen atoms in total.